The summed E-state index contributed by atoms with van der Waals surface area (Å²) < 4.78 is 5.68. The number of fused-ring (bicyclic) bond motifs is 1. The summed E-state index contributed by atoms with van der Waals surface area (Å²) in [4.78, 5) is 2.73. The van der Waals surface area contributed by atoms with Crippen molar-refractivity contribution in [1.29, 1.82) is 0 Å². The predicted molar refractivity (Wildman–Crippen MR) is 78.3 cm³/mol. The fraction of sp³-hybridized carbons (Fsp3) is 1.00. The molecule has 1 N–H and O–H groups in total. The summed E-state index contributed by atoms with van der Waals surface area (Å²) in [7, 11) is 0. The number of piperidine rings is 1. The van der Waals surface area contributed by atoms with Crippen molar-refractivity contribution in [3.63, 3.8) is 0 Å². The highest BCUT2D eigenvalue weighted by Gasteiger charge is 2.34. The predicted octanol–water partition coefficient (Wildman–Crippen LogP) is 2.12. The van der Waals surface area contributed by atoms with Crippen molar-refractivity contribution in [3.05, 3.63) is 0 Å². The van der Waals surface area contributed by atoms with Gasteiger partial charge in [-0.3, -0.25) is 0 Å². The van der Waals surface area contributed by atoms with Crippen LogP contribution in [0.2, 0.25) is 0 Å². The Morgan fingerprint density at radius 1 is 1.11 bits per heavy atom. The van der Waals surface area contributed by atoms with E-state index in [-0.39, 0.29) is 0 Å². The molecule has 3 aliphatic rings. The van der Waals surface area contributed by atoms with Gasteiger partial charge in [0.05, 0.1) is 13.2 Å². The van der Waals surface area contributed by atoms with Crippen molar-refractivity contribution in [2.24, 2.45) is 17.8 Å². The maximum absolute atomic E-state index is 5.68. The van der Waals surface area contributed by atoms with Crippen molar-refractivity contribution < 1.29 is 4.74 Å². The molecule has 0 spiro atoms. The van der Waals surface area contributed by atoms with Crippen molar-refractivity contribution in [3.8, 4) is 0 Å². The standard InChI is InChI=1S/C16H30N2O/c1-2-17-16-12-19-11-15(16)10-18-8-7-13-5-3-4-6-14(13)9-18/h13-17H,2-12H2,1H3. The van der Waals surface area contributed by atoms with Gasteiger partial charge in [0.25, 0.3) is 0 Å². The van der Waals surface area contributed by atoms with Gasteiger partial charge in [-0.15, -0.1) is 0 Å². The molecule has 3 fully saturated rings. The Labute approximate surface area is 118 Å². The Morgan fingerprint density at radius 3 is 2.79 bits per heavy atom. The van der Waals surface area contributed by atoms with Crippen LogP contribution in [-0.2, 0) is 4.74 Å². The molecule has 2 heterocycles. The molecule has 0 aromatic carbocycles. The zero-order valence-electron chi connectivity index (χ0n) is 12.4. The molecule has 19 heavy (non-hydrogen) atoms. The van der Waals surface area contributed by atoms with E-state index < -0.39 is 0 Å². The number of likely N-dealkylation sites (tertiary alicyclic amines) is 1. The zero-order valence-corrected chi connectivity index (χ0v) is 12.4. The summed E-state index contributed by atoms with van der Waals surface area (Å²) in [6.07, 6.45) is 7.40. The molecular formula is C16H30N2O. The lowest BCUT2D eigenvalue weighted by atomic mass is 9.75. The molecule has 4 atom stereocenters. The Hall–Kier alpha value is -0.120. The Morgan fingerprint density at radius 2 is 1.95 bits per heavy atom. The van der Waals surface area contributed by atoms with E-state index in [0.717, 1.165) is 31.6 Å². The number of rotatable bonds is 4. The van der Waals surface area contributed by atoms with E-state index >= 15 is 0 Å². The first-order valence-corrected chi connectivity index (χ1v) is 8.40. The molecule has 3 nitrogen and oxygen atoms in total. The average molecular weight is 266 g/mol. The second-order valence-corrected chi connectivity index (χ2v) is 6.81. The van der Waals surface area contributed by atoms with E-state index in [1.54, 1.807) is 0 Å². The zero-order chi connectivity index (χ0) is 13.1. The molecule has 0 aromatic rings. The Kier molecular flexibility index (Phi) is 4.78. The second kappa shape index (κ2) is 6.55. The Bertz CT molecular complexity index is 284. The first-order chi connectivity index (χ1) is 9.36. The maximum atomic E-state index is 5.68. The third-order valence-electron chi connectivity index (χ3n) is 5.53. The van der Waals surface area contributed by atoms with Crippen molar-refractivity contribution in [1.82, 2.24) is 10.2 Å². The van der Waals surface area contributed by atoms with Crippen LogP contribution in [-0.4, -0.2) is 50.3 Å². The highest BCUT2D eigenvalue weighted by molar-refractivity contribution is 4.88. The molecule has 1 saturated carbocycles. The second-order valence-electron chi connectivity index (χ2n) is 6.81. The summed E-state index contributed by atoms with van der Waals surface area (Å²) in [6.45, 7) is 9.08. The molecule has 3 heteroatoms. The van der Waals surface area contributed by atoms with E-state index in [9.17, 15) is 0 Å². The number of hydrogen-bond acceptors (Lipinski definition) is 3. The fourth-order valence-corrected chi connectivity index (χ4v) is 4.44. The highest BCUT2D eigenvalue weighted by Crippen LogP contribution is 2.36. The Balaban J connectivity index is 1.50. The monoisotopic (exact) mass is 266 g/mol. The molecule has 2 saturated heterocycles. The van der Waals surface area contributed by atoms with Crippen molar-refractivity contribution in [2.45, 2.75) is 45.1 Å². The van der Waals surface area contributed by atoms with Crippen LogP contribution < -0.4 is 5.32 Å². The topological polar surface area (TPSA) is 24.5 Å². The van der Waals surface area contributed by atoms with E-state index in [1.807, 2.05) is 0 Å². The number of hydrogen-bond donors (Lipinski definition) is 1. The molecule has 0 radical (unpaired) electrons. The van der Waals surface area contributed by atoms with Gasteiger partial charge in [0, 0.05) is 25.0 Å². The van der Waals surface area contributed by atoms with Gasteiger partial charge >= 0.3 is 0 Å². The SMILES string of the molecule is CCNC1COCC1CN1CCC2CCCCC2C1. The third kappa shape index (κ3) is 3.32. The third-order valence-corrected chi connectivity index (χ3v) is 5.53. The highest BCUT2D eigenvalue weighted by atomic mass is 16.5. The molecule has 110 valence electrons. The van der Waals surface area contributed by atoms with Crippen molar-refractivity contribution in [2.75, 3.05) is 39.4 Å². The lowest BCUT2D eigenvalue weighted by molar-refractivity contribution is 0.0710. The summed E-state index contributed by atoms with van der Waals surface area (Å²) >= 11 is 0. The molecule has 1 aliphatic carbocycles. The minimum Gasteiger partial charge on any atom is -0.379 e. The van der Waals surface area contributed by atoms with Gasteiger partial charge < -0.3 is 15.0 Å². The van der Waals surface area contributed by atoms with Crippen LogP contribution in [0.3, 0.4) is 0 Å². The minimum absolute atomic E-state index is 0.592. The average Bonchev–Trinajstić information content (AvgIpc) is 2.86. The number of likely N-dealkylation sites (N-methyl/N-ethyl adjacent to an activating group) is 1. The lowest BCUT2D eigenvalue weighted by Crippen LogP contribution is -2.47. The van der Waals surface area contributed by atoms with Gasteiger partial charge in [0.2, 0.25) is 0 Å². The molecular weight excluding hydrogens is 236 g/mol. The fourth-order valence-electron chi connectivity index (χ4n) is 4.44. The first-order valence-electron chi connectivity index (χ1n) is 8.40. The quantitative estimate of drug-likeness (QED) is 0.843. The molecule has 0 aromatic heterocycles. The van der Waals surface area contributed by atoms with Crippen LogP contribution in [0.5, 0.6) is 0 Å². The first kappa shape index (κ1) is 13.8. The number of nitrogens with zero attached hydrogens (tertiary/aromatic N) is 1. The molecule has 4 unspecified atom stereocenters. The van der Waals surface area contributed by atoms with Crippen molar-refractivity contribution >= 4 is 0 Å². The van der Waals surface area contributed by atoms with E-state index in [0.29, 0.717) is 12.0 Å². The van der Waals surface area contributed by atoms with E-state index in [1.165, 1.54) is 51.7 Å². The lowest BCUT2D eigenvalue weighted by Gasteiger charge is -2.42. The summed E-state index contributed by atoms with van der Waals surface area (Å²) in [5.74, 6) is 2.76. The maximum Gasteiger partial charge on any atom is 0.0623 e. The number of nitrogens with one attached hydrogen (secondary N) is 1. The van der Waals surface area contributed by atoms with Gasteiger partial charge in [-0.1, -0.05) is 26.2 Å². The van der Waals surface area contributed by atoms with E-state index in [4.69, 9.17) is 4.74 Å². The summed E-state index contributed by atoms with van der Waals surface area (Å²) in [5.41, 5.74) is 0. The van der Waals surface area contributed by atoms with Crippen LogP contribution in [0, 0.1) is 17.8 Å². The van der Waals surface area contributed by atoms with Crippen LogP contribution in [0.4, 0.5) is 0 Å². The van der Waals surface area contributed by atoms with Gasteiger partial charge in [-0.25, -0.2) is 0 Å². The van der Waals surface area contributed by atoms with E-state index in [2.05, 4.69) is 17.1 Å². The molecule has 3 rings (SSSR count). The minimum atomic E-state index is 0.592. The van der Waals surface area contributed by atoms with Gasteiger partial charge in [0.15, 0.2) is 0 Å². The van der Waals surface area contributed by atoms with Gasteiger partial charge in [-0.05, 0) is 37.8 Å². The smallest absolute Gasteiger partial charge is 0.0623 e. The largest absolute Gasteiger partial charge is 0.379 e. The van der Waals surface area contributed by atoms with Crippen LogP contribution >= 0.6 is 0 Å². The van der Waals surface area contributed by atoms with Gasteiger partial charge in [-0.2, -0.15) is 0 Å². The summed E-state index contributed by atoms with van der Waals surface area (Å²) in [6, 6.07) is 0.592. The van der Waals surface area contributed by atoms with Crippen LogP contribution in [0.15, 0.2) is 0 Å². The molecule has 0 bridgehead atoms. The molecule has 0 amide bonds. The van der Waals surface area contributed by atoms with Crippen LogP contribution in [0.25, 0.3) is 0 Å². The summed E-state index contributed by atoms with van der Waals surface area (Å²) in [5, 5.41) is 3.59. The number of ether oxygens (including phenoxy) is 1. The normalized spacial score (nSPS) is 40.3. The molecule has 2 aliphatic heterocycles. The van der Waals surface area contributed by atoms with Crippen LogP contribution in [0.1, 0.15) is 39.0 Å². The van der Waals surface area contributed by atoms with Gasteiger partial charge in [0.1, 0.15) is 0 Å².